The predicted octanol–water partition coefficient (Wildman–Crippen LogP) is 3.65. The second-order valence-corrected chi connectivity index (χ2v) is 5.94. The van der Waals surface area contributed by atoms with Crippen molar-refractivity contribution in [2.24, 2.45) is 0 Å². The maximum atomic E-state index is 12.4. The Balaban J connectivity index is 1.79. The van der Waals surface area contributed by atoms with E-state index in [0.29, 0.717) is 29.7 Å². The van der Waals surface area contributed by atoms with Crippen molar-refractivity contribution in [2.45, 2.75) is 13.0 Å². The normalized spacial score (nSPS) is 11.5. The first-order valence-corrected chi connectivity index (χ1v) is 8.31. The quantitative estimate of drug-likeness (QED) is 0.718. The van der Waals surface area contributed by atoms with Gasteiger partial charge in [0.25, 0.3) is 5.91 Å². The highest BCUT2D eigenvalue weighted by Crippen LogP contribution is 2.19. The topological polar surface area (TPSA) is 48.0 Å². The monoisotopic (exact) mass is 363 g/mol. The van der Waals surface area contributed by atoms with Gasteiger partial charge in [-0.15, -0.1) is 0 Å². The van der Waals surface area contributed by atoms with Crippen molar-refractivity contribution in [2.75, 3.05) is 27.3 Å². The summed E-state index contributed by atoms with van der Waals surface area (Å²) in [6.45, 7) is 2.54. The number of nitrogens with zero attached hydrogens (tertiary/aromatic N) is 1. The number of benzene rings is 2. The van der Waals surface area contributed by atoms with E-state index in [0.717, 1.165) is 5.75 Å². The first-order chi connectivity index (χ1) is 12.0. The smallest absolute Gasteiger partial charge is 0.263 e. The van der Waals surface area contributed by atoms with Gasteiger partial charge in [-0.25, -0.2) is 0 Å². The van der Waals surface area contributed by atoms with Gasteiger partial charge in [-0.2, -0.15) is 0 Å². The number of hydrogen-bond donors (Lipinski definition) is 0. The molecular weight excluding hydrogens is 342 g/mol. The molecule has 0 aliphatic carbocycles. The minimum atomic E-state index is -0.593. The Morgan fingerprint density at radius 2 is 1.80 bits per heavy atom. The van der Waals surface area contributed by atoms with Gasteiger partial charge in [0, 0.05) is 12.1 Å². The van der Waals surface area contributed by atoms with Crippen LogP contribution >= 0.6 is 11.6 Å². The van der Waals surface area contributed by atoms with Crippen LogP contribution in [0.3, 0.4) is 0 Å². The SMILES string of the molecule is COc1ccc(OC(C)C(=O)N(C)CCOc2cccc(Cl)c2)cc1. The van der Waals surface area contributed by atoms with E-state index < -0.39 is 6.10 Å². The highest BCUT2D eigenvalue weighted by atomic mass is 35.5. The number of carbonyl (C=O) groups excluding carboxylic acids is 1. The van der Waals surface area contributed by atoms with Gasteiger partial charge in [-0.1, -0.05) is 17.7 Å². The van der Waals surface area contributed by atoms with Crippen molar-refractivity contribution in [3.63, 3.8) is 0 Å². The fraction of sp³-hybridized carbons (Fsp3) is 0.316. The largest absolute Gasteiger partial charge is 0.497 e. The number of likely N-dealkylation sites (N-methyl/N-ethyl adjacent to an activating group) is 1. The fourth-order valence-electron chi connectivity index (χ4n) is 2.19. The molecule has 2 aromatic carbocycles. The van der Waals surface area contributed by atoms with Crippen LogP contribution < -0.4 is 14.2 Å². The van der Waals surface area contributed by atoms with Crippen molar-refractivity contribution in [3.05, 3.63) is 53.6 Å². The lowest BCUT2D eigenvalue weighted by Crippen LogP contribution is -2.39. The summed E-state index contributed by atoms with van der Waals surface area (Å²) in [4.78, 5) is 13.9. The Hall–Kier alpha value is -2.40. The maximum Gasteiger partial charge on any atom is 0.263 e. The minimum Gasteiger partial charge on any atom is -0.497 e. The molecule has 6 heteroatoms. The molecule has 134 valence electrons. The van der Waals surface area contributed by atoms with Gasteiger partial charge >= 0.3 is 0 Å². The van der Waals surface area contributed by atoms with Gasteiger partial charge in [0.2, 0.25) is 0 Å². The molecule has 0 spiro atoms. The number of methoxy groups -OCH3 is 1. The number of amides is 1. The summed E-state index contributed by atoms with van der Waals surface area (Å²) in [7, 11) is 3.32. The van der Waals surface area contributed by atoms with Crippen molar-refractivity contribution >= 4 is 17.5 Å². The zero-order chi connectivity index (χ0) is 18.2. The number of rotatable bonds is 8. The Morgan fingerprint density at radius 1 is 1.12 bits per heavy atom. The molecule has 0 saturated heterocycles. The highest BCUT2D eigenvalue weighted by Gasteiger charge is 2.19. The number of carbonyl (C=O) groups is 1. The van der Waals surface area contributed by atoms with Crippen molar-refractivity contribution < 1.29 is 19.0 Å². The maximum absolute atomic E-state index is 12.4. The second-order valence-electron chi connectivity index (χ2n) is 5.50. The van der Waals surface area contributed by atoms with Crippen LogP contribution in [0.15, 0.2) is 48.5 Å². The van der Waals surface area contributed by atoms with Crippen LogP contribution in [0.25, 0.3) is 0 Å². The predicted molar refractivity (Wildman–Crippen MR) is 97.7 cm³/mol. The molecule has 2 rings (SSSR count). The summed E-state index contributed by atoms with van der Waals surface area (Å²) in [5.74, 6) is 1.91. The molecular formula is C19H22ClNO4. The third-order valence-corrected chi connectivity index (χ3v) is 3.82. The van der Waals surface area contributed by atoms with Crippen LogP contribution in [0.2, 0.25) is 5.02 Å². The molecule has 0 aromatic heterocycles. The van der Waals surface area contributed by atoms with E-state index in [1.165, 1.54) is 0 Å². The van der Waals surface area contributed by atoms with E-state index in [9.17, 15) is 4.79 Å². The first-order valence-electron chi connectivity index (χ1n) is 7.93. The molecule has 1 atom stereocenters. The molecule has 0 radical (unpaired) electrons. The zero-order valence-corrected chi connectivity index (χ0v) is 15.3. The van der Waals surface area contributed by atoms with Crippen LogP contribution in [-0.4, -0.2) is 44.2 Å². The Kier molecular flexibility index (Phi) is 6.95. The second kappa shape index (κ2) is 9.18. The Labute approximate surface area is 153 Å². The number of halogens is 1. The molecule has 0 saturated carbocycles. The molecule has 1 amide bonds. The lowest BCUT2D eigenvalue weighted by Gasteiger charge is -2.22. The molecule has 5 nitrogen and oxygen atoms in total. The molecule has 0 heterocycles. The van der Waals surface area contributed by atoms with E-state index in [-0.39, 0.29) is 5.91 Å². The summed E-state index contributed by atoms with van der Waals surface area (Å²) >= 11 is 5.91. The van der Waals surface area contributed by atoms with Crippen molar-refractivity contribution in [1.82, 2.24) is 4.90 Å². The van der Waals surface area contributed by atoms with E-state index in [1.54, 1.807) is 62.4 Å². The van der Waals surface area contributed by atoms with Crippen LogP contribution in [-0.2, 0) is 4.79 Å². The lowest BCUT2D eigenvalue weighted by atomic mass is 10.3. The van der Waals surface area contributed by atoms with E-state index in [2.05, 4.69) is 0 Å². The van der Waals surface area contributed by atoms with Gasteiger partial charge < -0.3 is 19.1 Å². The molecule has 0 fully saturated rings. The van der Waals surface area contributed by atoms with Gasteiger partial charge in [0.05, 0.1) is 13.7 Å². The van der Waals surface area contributed by atoms with Crippen LogP contribution in [0.1, 0.15) is 6.92 Å². The summed E-state index contributed by atoms with van der Waals surface area (Å²) < 4.78 is 16.4. The molecule has 0 aliphatic rings. The number of ether oxygens (including phenoxy) is 3. The fourth-order valence-corrected chi connectivity index (χ4v) is 2.37. The van der Waals surface area contributed by atoms with Crippen LogP contribution in [0, 0.1) is 0 Å². The van der Waals surface area contributed by atoms with E-state index >= 15 is 0 Å². The summed E-state index contributed by atoms with van der Waals surface area (Å²) in [5, 5.41) is 0.614. The highest BCUT2D eigenvalue weighted by molar-refractivity contribution is 6.30. The summed E-state index contributed by atoms with van der Waals surface area (Å²) in [6.07, 6.45) is -0.593. The molecule has 0 N–H and O–H groups in total. The lowest BCUT2D eigenvalue weighted by molar-refractivity contribution is -0.136. The summed E-state index contributed by atoms with van der Waals surface area (Å²) in [6, 6.07) is 14.3. The third kappa shape index (κ3) is 5.87. The standard InChI is InChI=1S/C19H22ClNO4/c1-14(25-17-9-7-16(23-3)8-10-17)19(22)21(2)11-12-24-18-6-4-5-15(20)13-18/h4-10,13-14H,11-12H2,1-3H3. The average Bonchev–Trinajstić information content (AvgIpc) is 2.61. The first kappa shape index (κ1) is 18.9. The van der Waals surface area contributed by atoms with Crippen molar-refractivity contribution in [3.8, 4) is 17.2 Å². The van der Waals surface area contributed by atoms with Crippen LogP contribution in [0.5, 0.6) is 17.2 Å². The van der Waals surface area contributed by atoms with Gasteiger partial charge in [0.15, 0.2) is 6.10 Å². The molecule has 0 aliphatic heterocycles. The minimum absolute atomic E-state index is 0.120. The molecule has 0 bridgehead atoms. The van der Waals surface area contributed by atoms with Crippen LogP contribution in [0.4, 0.5) is 0 Å². The van der Waals surface area contributed by atoms with Gasteiger partial charge in [-0.3, -0.25) is 4.79 Å². The number of hydrogen-bond acceptors (Lipinski definition) is 4. The summed E-state index contributed by atoms with van der Waals surface area (Å²) in [5.41, 5.74) is 0. The molecule has 25 heavy (non-hydrogen) atoms. The van der Waals surface area contributed by atoms with Gasteiger partial charge in [-0.05, 0) is 49.4 Å². The van der Waals surface area contributed by atoms with Crippen molar-refractivity contribution in [1.29, 1.82) is 0 Å². The molecule has 1 unspecified atom stereocenters. The average molecular weight is 364 g/mol. The van der Waals surface area contributed by atoms with Gasteiger partial charge in [0.1, 0.15) is 23.9 Å². The Bertz CT molecular complexity index is 690. The third-order valence-electron chi connectivity index (χ3n) is 3.59. The Morgan fingerprint density at radius 3 is 2.44 bits per heavy atom. The zero-order valence-electron chi connectivity index (χ0n) is 14.6. The molecule has 2 aromatic rings. The van der Waals surface area contributed by atoms with E-state index in [4.69, 9.17) is 25.8 Å². The van der Waals surface area contributed by atoms with E-state index in [1.807, 2.05) is 12.1 Å².